The summed E-state index contributed by atoms with van der Waals surface area (Å²) in [5, 5.41) is 4.46. The highest BCUT2D eigenvalue weighted by Crippen LogP contribution is 2.19. The van der Waals surface area contributed by atoms with Crippen molar-refractivity contribution >= 4 is 32.9 Å². The van der Waals surface area contributed by atoms with Gasteiger partial charge in [0.05, 0.1) is 11.0 Å². The number of rotatable bonds is 4. The highest BCUT2D eigenvalue weighted by molar-refractivity contribution is 9.09. The molecule has 17 heavy (non-hydrogen) atoms. The van der Waals surface area contributed by atoms with Gasteiger partial charge in [-0.3, -0.25) is 0 Å². The molecule has 0 aliphatic carbocycles. The van der Waals surface area contributed by atoms with Gasteiger partial charge in [-0.05, 0) is 25.0 Å². The molecule has 0 fully saturated rings. The number of nitrogens with one attached hydrogen (secondary N) is 1. The predicted octanol–water partition coefficient (Wildman–Crippen LogP) is 3.40. The molecule has 1 aromatic heterocycles. The molecule has 2 unspecified atom stereocenters. The van der Waals surface area contributed by atoms with Crippen LogP contribution < -0.4 is 5.32 Å². The largest absolute Gasteiger partial charge is 0.353 e. The fourth-order valence-corrected chi connectivity index (χ4v) is 2.31. The zero-order valence-electron chi connectivity index (χ0n) is 10.4. The quantitative estimate of drug-likeness (QED) is 0.876. The summed E-state index contributed by atoms with van der Waals surface area (Å²) in [7, 11) is 2.04. The molecule has 0 saturated heterocycles. The summed E-state index contributed by atoms with van der Waals surface area (Å²) in [5.41, 5.74) is 2.20. The Morgan fingerprint density at radius 2 is 2.06 bits per heavy atom. The summed E-state index contributed by atoms with van der Waals surface area (Å²) in [6, 6.07) is 8.58. The number of benzene rings is 1. The molecule has 2 atom stereocenters. The zero-order chi connectivity index (χ0) is 12.4. The molecule has 1 aromatic carbocycles. The fraction of sp³-hybridized carbons (Fsp3) is 0.462. The Morgan fingerprint density at radius 1 is 1.35 bits per heavy atom. The molecule has 3 nitrogen and oxygen atoms in total. The number of halogens is 1. The molecule has 0 aliphatic heterocycles. The van der Waals surface area contributed by atoms with Crippen LogP contribution in [0.25, 0.3) is 11.0 Å². The SMILES string of the molecule is CC(CBr)C(C)Nc1nc2ccccc2n1C. The van der Waals surface area contributed by atoms with Gasteiger partial charge in [-0.25, -0.2) is 4.98 Å². The maximum absolute atomic E-state index is 4.61. The van der Waals surface area contributed by atoms with Crippen LogP contribution in [-0.4, -0.2) is 20.9 Å². The number of anilines is 1. The van der Waals surface area contributed by atoms with E-state index in [4.69, 9.17) is 0 Å². The van der Waals surface area contributed by atoms with Crippen molar-refractivity contribution in [2.45, 2.75) is 19.9 Å². The summed E-state index contributed by atoms with van der Waals surface area (Å²) in [6.07, 6.45) is 0. The molecule has 1 N–H and O–H groups in total. The van der Waals surface area contributed by atoms with Gasteiger partial charge in [-0.1, -0.05) is 35.0 Å². The first-order chi connectivity index (χ1) is 8.13. The third-order valence-corrected chi connectivity index (χ3v) is 4.26. The van der Waals surface area contributed by atoms with Crippen molar-refractivity contribution in [2.75, 3.05) is 10.6 Å². The number of hydrogen-bond acceptors (Lipinski definition) is 2. The van der Waals surface area contributed by atoms with Crippen LogP contribution in [0.3, 0.4) is 0 Å². The molecule has 4 heteroatoms. The van der Waals surface area contributed by atoms with Crippen LogP contribution in [0.2, 0.25) is 0 Å². The average molecular weight is 296 g/mol. The van der Waals surface area contributed by atoms with Gasteiger partial charge in [0, 0.05) is 18.4 Å². The lowest BCUT2D eigenvalue weighted by molar-refractivity contribution is 0.566. The molecule has 0 radical (unpaired) electrons. The Labute approximate surface area is 110 Å². The van der Waals surface area contributed by atoms with Crippen molar-refractivity contribution in [1.29, 1.82) is 0 Å². The molecule has 0 aliphatic rings. The third kappa shape index (κ3) is 2.46. The molecular weight excluding hydrogens is 278 g/mol. The van der Waals surface area contributed by atoms with E-state index in [-0.39, 0.29) is 0 Å². The van der Waals surface area contributed by atoms with E-state index in [0.717, 1.165) is 22.3 Å². The van der Waals surface area contributed by atoms with E-state index in [2.05, 4.69) is 50.7 Å². The minimum Gasteiger partial charge on any atom is -0.353 e. The van der Waals surface area contributed by atoms with Crippen LogP contribution in [-0.2, 0) is 7.05 Å². The van der Waals surface area contributed by atoms with Gasteiger partial charge >= 0.3 is 0 Å². The Morgan fingerprint density at radius 3 is 2.71 bits per heavy atom. The summed E-state index contributed by atoms with van der Waals surface area (Å²) >= 11 is 3.51. The van der Waals surface area contributed by atoms with Gasteiger partial charge in [-0.15, -0.1) is 0 Å². The number of imidazole rings is 1. The molecule has 0 saturated carbocycles. The van der Waals surface area contributed by atoms with Crippen molar-refractivity contribution in [3.8, 4) is 0 Å². The Kier molecular flexibility index (Phi) is 3.72. The summed E-state index contributed by atoms with van der Waals surface area (Å²) in [4.78, 5) is 4.61. The number of hydrogen-bond donors (Lipinski definition) is 1. The van der Waals surface area contributed by atoms with Crippen LogP contribution >= 0.6 is 15.9 Å². The van der Waals surface area contributed by atoms with E-state index < -0.39 is 0 Å². The van der Waals surface area contributed by atoms with Gasteiger partial charge in [0.25, 0.3) is 0 Å². The monoisotopic (exact) mass is 295 g/mol. The lowest BCUT2D eigenvalue weighted by Gasteiger charge is -2.19. The minimum atomic E-state index is 0.393. The van der Waals surface area contributed by atoms with Gasteiger partial charge in [-0.2, -0.15) is 0 Å². The summed E-state index contributed by atoms with van der Waals surface area (Å²) in [6.45, 7) is 4.40. The second-order valence-electron chi connectivity index (χ2n) is 4.55. The zero-order valence-corrected chi connectivity index (χ0v) is 12.0. The third-order valence-electron chi connectivity index (χ3n) is 3.24. The molecule has 1 heterocycles. The Balaban J connectivity index is 2.27. The smallest absolute Gasteiger partial charge is 0.203 e. The summed E-state index contributed by atoms with van der Waals surface area (Å²) in [5.74, 6) is 1.50. The van der Waals surface area contributed by atoms with Crippen molar-refractivity contribution in [3.05, 3.63) is 24.3 Å². The van der Waals surface area contributed by atoms with Crippen LogP contribution in [0.4, 0.5) is 5.95 Å². The fourth-order valence-electron chi connectivity index (χ4n) is 1.75. The number of aromatic nitrogens is 2. The van der Waals surface area contributed by atoms with E-state index in [0.29, 0.717) is 12.0 Å². The lowest BCUT2D eigenvalue weighted by atomic mass is 10.1. The molecule has 2 rings (SSSR count). The average Bonchev–Trinajstić information content (AvgIpc) is 2.66. The van der Waals surface area contributed by atoms with Gasteiger partial charge in [0.1, 0.15) is 0 Å². The van der Waals surface area contributed by atoms with E-state index >= 15 is 0 Å². The highest BCUT2D eigenvalue weighted by Gasteiger charge is 2.14. The molecular formula is C13H18BrN3. The summed E-state index contributed by atoms with van der Waals surface area (Å²) < 4.78 is 2.10. The number of aryl methyl sites for hydroxylation is 1. The van der Waals surface area contributed by atoms with Crippen molar-refractivity contribution < 1.29 is 0 Å². The van der Waals surface area contributed by atoms with Crippen LogP contribution in [0.1, 0.15) is 13.8 Å². The Bertz CT molecular complexity index is 506. The molecule has 2 aromatic rings. The van der Waals surface area contributed by atoms with E-state index in [9.17, 15) is 0 Å². The van der Waals surface area contributed by atoms with Crippen LogP contribution in [0.15, 0.2) is 24.3 Å². The highest BCUT2D eigenvalue weighted by atomic mass is 79.9. The number of nitrogens with zero attached hydrogens (tertiary/aromatic N) is 2. The maximum atomic E-state index is 4.61. The maximum Gasteiger partial charge on any atom is 0.203 e. The second kappa shape index (κ2) is 5.08. The van der Waals surface area contributed by atoms with Crippen molar-refractivity contribution in [3.63, 3.8) is 0 Å². The second-order valence-corrected chi connectivity index (χ2v) is 5.20. The van der Waals surface area contributed by atoms with Crippen molar-refractivity contribution in [1.82, 2.24) is 9.55 Å². The van der Waals surface area contributed by atoms with Gasteiger partial charge < -0.3 is 9.88 Å². The molecule has 0 amide bonds. The van der Waals surface area contributed by atoms with Crippen molar-refractivity contribution in [2.24, 2.45) is 13.0 Å². The minimum absolute atomic E-state index is 0.393. The number of para-hydroxylation sites is 2. The predicted molar refractivity (Wildman–Crippen MR) is 76.8 cm³/mol. The first kappa shape index (κ1) is 12.4. The first-order valence-electron chi connectivity index (χ1n) is 5.87. The lowest BCUT2D eigenvalue weighted by Crippen LogP contribution is -2.26. The topological polar surface area (TPSA) is 29.9 Å². The van der Waals surface area contributed by atoms with E-state index in [1.807, 2.05) is 25.2 Å². The standard InChI is InChI=1S/C13H18BrN3/c1-9(8-14)10(2)15-13-16-11-6-4-5-7-12(11)17(13)3/h4-7,9-10H,8H2,1-3H3,(H,15,16). The van der Waals surface area contributed by atoms with Crippen LogP contribution in [0, 0.1) is 5.92 Å². The Hall–Kier alpha value is -1.03. The van der Waals surface area contributed by atoms with Gasteiger partial charge in [0.15, 0.2) is 0 Å². The van der Waals surface area contributed by atoms with Gasteiger partial charge in [0.2, 0.25) is 5.95 Å². The molecule has 0 bridgehead atoms. The molecule has 92 valence electrons. The molecule has 0 spiro atoms. The normalized spacial score (nSPS) is 14.8. The number of alkyl halides is 1. The first-order valence-corrected chi connectivity index (χ1v) is 6.99. The van der Waals surface area contributed by atoms with Crippen LogP contribution in [0.5, 0.6) is 0 Å². The van der Waals surface area contributed by atoms with E-state index in [1.165, 1.54) is 0 Å². The number of fused-ring (bicyclic) bond motifs is 1. The van der Waals surface area contributed by atoms with E-state index in [1.54, 1.807) is 0 Å².